The van der Waals surface area contributed by atoms with Crippen molar-refractivity contribution in [1.82, 2.24) is 5.32 Å². The molecule has 6 nitrogen and oxygen atoms in total. The molecule has 0 radical (unpaired) electrons. The van der Waals surface area contributed by atoms with Crippen molar-refractivity contribution in [2.45, 2.75) is 57.8 Å². The van der Waals surface area contributed by atoms with E-state index in [1.165, 1.54) is 24.5 Å². The molecule has 0 unspecified atom stereocenters. The van der Waals surface area contributed by atoms with E-state index in [9.17, 15) is 14.4 Å². The summed E-state index contributed by atoms with van der Waals surface area (Å²) in [5.74, 6) is -2.31. The number of allylic oxidation sites excluding steroid dienone is 3. The highest BCUT2D eigenvalue weighted by Gasteiger charge is 2.40. The van der Waals surface area contributed by atoms with Gasteiger partial charge in [0.2, 0.25) is 0 Å². The molecule has 1 atom stereocenters. The van der Waals surface area contributed by atoms with Crippen molar-refractivity contribution in [3.63, 3.8) is 0 Å². The highest BCUT2D eigenvalue weighted by molar-refractivity contribution is 7.17. The Morgan fingerprint density at radius 1 is 1.11 bits per heavy atom. The number of fused-ring (bicyclic) bond motifs is 1. The van der Waals surface area contributed by atoms with Crippen LogP contribution < -0.4 is 10.6 Å². The van der Waals surface area contributed by atoms with Crippen molar-refractivity contribution < 1.29 is 23.5 Å². The second kappa shape index (κ2) is 9.41. The van der Waals surface area contributed by atoms with E-state index in [4.69, 9.17) is 4.74 Å². The zero-order valence-corrected chi connectivity index (χ0v) is 20.6. The second-order valence-electron chi connectivity index (χ2n) is 9.15. The number of carbonyl (C=O) groups is 3. The van der Waals surface area contributed by atoms with Gasteiger partial charge in [-0.25, -0.2) is 9.18 Å². The van der Waals surface area contributed by atoms with Crippen LogP contribution in [0.3, 0.4) is 0 Å². The lowest BCUT2D eigenvalue weighted by Crippen LogP contribution is -2.36. The molecule has 0 fully saturated rings. The molecule has 2 N–H and O–H groups in total. The number of carbonyl (C=O) groups excluding carboxylic acids is 3. The van der Waals surface area contributed by atoms with Crippen LogP contribution in [0.25, 0.3) is 0 Å². The van der Waals surface area contributed by atoms with Gasteiger partial charge in [0.1, 0.15) is 10.8 Å². The van der Waals surface area contributed by atoms with Gasteiger partial charge in [0.15, 0.2) is 5.78 Å². The molecule has 0 saturated heterocycles. The summed E-state index contributed by atoms with van der Waals surface area (Å²) in [5, 5.41) is 6.63. The van der Waals surface area contributed by atoms with Crippen molar-refractivity contribution in [1.29, 1.82) is 0 Å². The fraction of sp³-hybridized carbons (Fsp3) is 0.370. The van der Waals surface area contributed by atoms with Gasteiger partial charge in [-0.1, -0.05) is 18.2 Å². The van der Waals surface area contributed by atoms with Gasteiger partial charge in [-0.2, -0.15) is 0 Å². The standard InChI is InChI=1S/C27H27FN2O4S/c1-14-21(25(32)30-26-23(27(33)34-2)16-9-4-6-13-20(16)35-26)22(15-8-3-5-10-17(15)28)24-18(29-14)11-7-12-19(24)31/h3,5,8,10,22,29H,4,6-7,9,11-13H2,1-2H3,(H,30,32)/t22-/m0/s1. The minimum absolute atomic E-state index is 0.0772. The molecule has 2 aliphatic carbocycles. The topological polar surface area (TPSA) is 84.5 Å². The third-order valence-corrected chi connectivity index (χ3v) is 8.23. The lowest BCUT2D eigenvalue weighted by atomic mass is 9.75. The van der Waals surface area contributed by atoms with Crippen molar-refractivity contribution in [3.8, 4) is 0 Å². The molecule has 0 spiro atoms. The SMILES string of the molecule is COC(=O)c1c(NC(=O)C2=C(C)NC3=C(C(=O)CCC3)[C@H]2c2ccccc2F)sc2c1CCCC2. The lowest BCUT2D eigenvalue weighted by molar-refractivity contribution is -0.116. The van der Waals surface area contributed by atoms with Gasteiger partial charge in [-0.3, -0.25) is 9.59 Å². The highest BCUT2D eigenvalue weighted by atomic mass is 32.1. The first kappa shape index (κ1) is 23.5. The number of nitrogens with one attached hydrogen (secondary N) is 2. The molecule has 0 saturated carbocycles. The summed E-state index contributed by atoms with van der Waals surface area (Å²) in [6, 6.07) is 6.27. The van der Waals surface area contributed by atoms with Crippen LogP contribution in [0, 0.1) is 5.82 Å². The van der Waals surface area contributed by atoms with Crippen molar-refractivity contribution in [3.05, 3.63) is 74.2 Å². The molecule has 3 aliphatic rings. The zero-order chi connectivity index (χ0) is 24.7. The summed E-state index contributed by atoms with van der Waals surface area (Å²) in [6.07, 6.45) is 5.37. The summed E-state index contributed by atoms with van der Waals surface area (Å²) < 4.78 is 20.1. The number of rotatable bonds is 4. The Hall–Kier alpha value is -3.26. The van der Waals surface area contributed by atoms with Crippen LogP contribution in [-0.4, -0.2) is 24.8 Å². The third-order valence-electron chi connectivity index (χ3n) is 7.02. The number of benzene rings is 1. The number of anilines is 1. The van der Waals surface area contributed by atoms with Crippen LogP contribution in [0.1, 0.15) is 71.3 Å². The Labute approximate surface area is 207 Å². The predicted octanol–water partition coefficient (Wildman–Crippen LogP) is 5.16. The number of aryl methyl sites for hydroxylation is 1. The molecule has 1 aromatic carbocycles. The summed E-state index contributed by atoms with van der Waals surface area (Å²) in [4.78, 5) is 40.6. The number of amides is 1. The first-order valence-electron chi connectivity index (χ1n) is 11.9. The van der Waals surface area contributed by atoms with E-state index in [0.717, 1.165) is 41.8 Å². The number of thiophene rings is 1. The van der Waals surface area contributed by atoms with Crippen molar-refractivity contribution in [2.75, 3.05) is 12.4 Å². The van der Waals surface area contributed by atoms with Crippen LogP contribution in [0.15, 0.2) is 46.8 Å². The average Bonchev–Trinajstić information content (AvgIpc) is 3.21. The van der Waals surface area contributed by atoms with Crippen LogP contribution in [0.2, 0.25) is 0 Å². The Kier molecular flexibility index (Phi) is 6.32. The summed E-state index contributed by atoms with van der Waals surface area (Å²) in [7, 11) is 1.33. The molecule has 1 aliphatic heterocycles. The number of methoxy groups -OCH3 is 1. The Morgan fingerprint density at radius 3 is 2.66 bits per heavy atom. The molecule has 5 rings (SSSR count). The molecule has 2 heterocycles. The van der Waals surface area contributed by atoms with Gasteiger partial charge in [-0.15, -0.1) is 11.3 Å². The van der Waals surface area contributed by atoms with Gasteiger partial charge in [0.25, 0.3) is 5.91 Å². The van der Waals surface area contributed by atoms with Crippen LogP contribution in [0.5, 0.6) is 0 Å². The van der Waals surface area contributed by atoms with Crippen LogP contribution in [0.4, 0.5) is 9.39 Å². The van der Waals surface area contributed by atoms with Gasteiger partial charge >= 0.3 is 5.97 Å². The third kappa shape index (κ3) is 4.10. The maximum absolute atomic E-state index is 15.1. The van der Waals surface area contributed by atoms with E-state index >= 15 is 4.39 Å². The summed E-state index contributed by atoms with van der Waals surface area (Å²) in [6.45, 7) is 1.77. The number of ketones is 1. The maximum atomic E-state index is 15.1. The van der Waals surface area contributed by atoms with E-state index in [1.54, 1.807) is 25.1 Å². The molecule has 1 amide bonds. The minimum atomic E-state index is -0.823. The molecular formula is C27H27FN2O4S. The fourth-order valence-electron chi connectivity index (χ4n) is 5.45. The van der Waals surface area contributed by atoms with Gasteiger partial charge < -0.3 is 15.4 Å². The van der Waals surface area contributed by atoms with E-state index in [2.05, 4.69) is 10.6 Å². The smallest absolute Gasteiger partial charge is 0.341 e. The van der Waals surface area contributed by atoms with E-state index < -0.39 is 23.6 Å². The summed E-state index contributed by atoms with van der Waals surface area (Å²) in [5.41, 5.74) is 3.70. The summed E-state index contributed by atoms with van der Waals surface area (Å²) >= 11 is 1.39. The lowest BCUT2D eigenvalue weighted by Gasteiger charge is -2.34. The number of halogens is 1. The monoisotopic (exact) mass is 494 g/mol. The Morgan fingerprint density at radius 2 is 1.89 bits per heavy atom. The Balaban J connectivity index is 1.59. The molecule has 8 heteroatoms. The molecule has 2 aromatic rings. The fourth-order valence-corrected chi connectivity index (χ4v) is 6.72. The minimum Gasteiger partial charge on any atom is -0.465 e. The van der Waals surface area contributed by atoms with Gasteiger partial charge in [0, 0.05) is 45.3 Å². The molecule has 0 bridgehead atoms. The number of hydrogen-bond acceptors (Lipinski definition) is 6. The van der Waals surface area contributed by atoms with Crippen molar-refractivity contribution in [2.24, 2.45) is 0 Å². The predicted molar refractivity (Wildman–Crippen MR) is 132 cm³/mol. The van der Waals surface area contributed by atoms with Gasteiger partial charge in [-0.05, 0) is 57.1 Å². The van der Waals surface area contributed by atoms with Crippen LogP contribution in [-0.2, 0) is 27.2 Å². The number of esters is 1. The number of dihydropyridines is 1. The average molecular weight is 495 g/mol. The zero-order valence-electron chi connectivity index (χ0n) is 19.8. The van der Waals surface area contributed by atoms with E-state index in [-0.39, 0.29) is 11.4 Å². The normalized spacial score (nSPS) is 19.6. The number of ether oxygens (including phenoxy) is 1. The van der Waals surface area contributed by atoms with Crippen LogP contribution >= 0.6 is 11.3 Å². The Bertz CT molecular complexity index is 1310. The molecular weight excluding hydrogens is 467 g/mol. The second-order valence-corrected chi connectivity index (χ2v) is 10.3. The molecule has 35 heavy (non-hydrogen) atoms. The molecule has 182 valence electrons. The quantitative estimate of drug-likeness (QED) is 0.574. The molecule has 1 aromatic heterocycles. The number of Topliss-reactive ketones (excluding diaryl/α,β-unsaturated/α-hetero) is 1. The van der Waals surface area contributed by atoms with E-state index in [0.29, 0.717) is 46.7 Å². The van der Waals surface area contributed by atoms with Gasteiger partial charge in [0.05, 0.1) is 12.7 Å². The maximum Gasteiger partial charge on any atom is 0.341 e. The largest absolute Gasteiger partial charge is 0.465 e. The highest BCUT2D eigenvalue weighted by Crippen LogP contribution is 2.44. The van der Waals surface area contributed by atoms with E-state index in [1.807, 2.05) is 0 Å². The first-order chi connectivity index (χ1) is 16.9. The first-order valence-corrected chi connectivity index (χ1v) is 12.7. The van der Waals surface area contributed by atoms with Crippen molar-refractivity contribution >= 4 is 34.0 Å². The number of hydrogen-bond donors (Lipinski definition) is 2.